The number of carbonyl (C=O) groups excluding carboxylic acids is 1. The topological polar surface area (TPSA) is 87.0 Å². The number of nitrogens with zero attached hydrogens (tertiary/aromatic N) is 1. The summed E-state index contributed by atoms with van der Waals surface area (Å²) in [5.41, 5.74) is 1.57. The summed E-state index contributed by atoms with van der Waals surface area (Å²) in [5.74, 6) is -4.04. The first-order valence-corrected chi connectivity index (χ1v) is 10.2. The highest BCUT2D eigenvalue weighted by Gasteiger charge is 2.27. The molecule has 1 heterocycles. The van der Waals surface area contributed by atoms with E-state index in [0.29, 0.717) is 10.6 Å². The van der Waals surface area contributed by atoms with Crippen molar-refractivity contribution >= 4 is 32.1 Å². The van der Waals surface area contributed by atoms with E-state index in [1.165, 1.54) is 23.5 Å². The van der Waals surface area contributed by atoms with Crippen molar-refractivity contribution in [3.63, 3.8) is 0 Å². The molecule has 1 N–H and O–H groups in total. The lowest BCUT2D eigenvalue weighted by Crippen LogP contribution is -2.14. The normalized spacial score (nSPS) is 13.9. The summed E-state index contributed by atoms with van der Waals surface area (Å²) < 4.78 is 47.9. The molecule has 2 aromatic rings. The molecule has 0 spiro atoms. The van der Waals surface area contributed by atoms with Gasteiger partial charge in [-0.3, -0.25) is 4.79 Å². The zero-order valence-corrected chi connectivity index (χ0v) is 15.1. The molecule has 0 bridgehead atoms. The standard InChI is InChI=1S/C17H14F2N2O3S2/c18-17(19)26(23,24)11-7-5-10(6-8-11)15(22)21-16-13(9-20)12-3-1-2-4-14(12)25-16/h5-8,17H,1-4H2,(H,21,22). The number of aryl methyl sites for hydroxylation is 1. The lowest BCUT2D eigenvalue weighted by molar-refractivity contribution is 0.102. The van der Waals surface area contributed by atoms with Gasteiger partial charge in [0.05, 0.1) is 10.5 Å². The Hall–Kier alpha value is -2.31. The van der Waals surface area contributed by atoms with E-state index >= 15 is 0 Å². The molecule has 3 rings (SSSR count). The maximum absolute atomic E-state index is 12.5. The van der Waals surface area contributed by atoms with Crippen molar-refractivity contribution in [2.75, 3.05) is 5.32 Å². The molecule has 1 aromatic heterocycles. The van der Waals surface area contributed by atoms with E-state index in [4.69, 9.17) is 0 Å². The van der Waals surface area contributed by atoms with Crippen LogP contribution in [0, 0.1) is 11.3 Å². The van der Waals surface area contributed by atoms with Crippen LogP contribution in [0.15, 0.2) is 29.2 Å². The van der Waals surface area contributed by atoms with Crippen molar-refractivity contribution in [3.05, 3.63) is 45.8 Å². The van der Waals surface area contributed by atoms with Crippen LogP contribution in [-0.4, -0.2) is 20.1 Å². The summed E-state index contributed by atoms with van der Waals surface area (Å²) in [4.78, 5) is 12.9. The summed E-state index contributed by atoms with van der Waals surface area (Å²) in [6.45, 7) is 0. The van der Waals surface area contributed by atoms with Crippen molar-refractivity contribution in [2.45, 2.75) is 36.3 Å². The molecule has 0 fully saturated rings. The maximum Gasteiger partial charge on any atom is 0.341 e. The molecule has 0 unspecified atom stereocenters. The summed E-state index contributed by atoms with van der Waals surface area (Å²) >= 11 is 1.37. The smallest absolute Gasteiger partial charge is 0.312 e. The third-order valence-corrected chi connectivity index (χ3v) is 6.80. The van der Waals surface area contributed by atoms with Gasteiger partial charge in [-0.2, -0.15) is 14.0 Å². The van der Waals surface area contributed by atoms with Gasteiger partial charge in [-0.15, -0.1) is 11.3 Å². The Morgan fingerprint density at radius 3 is 2.46 bits per heavy atom. The van der Waals surface area contributed by atoms with E-state index in [1.54, 1.807) is 0 Å². The summed E-state index contributed by atoms with van der Waals surface area (Å²) in [6, 6.07) is 6.42. The fourth-order valence-electron chi connectivity index (χ4n) is 2.85. The number of amides is 1. The van der Waals surface area contributed by atoms with Crippen LogP contribution in [-0.2, 0) is 22.7 Å². The molecule has 0 aliphatic heterocycles. The predicted octanol–water partition coefficient (Wildman–Crippen LogP) is 3.75. The SMILES string of the molecule is N#Cc1c(NC(=O)c2ccc(S(=O)(=O)C(F)F)cc2)sc2c1CCCC2. The van der Waals surface area contributed by atoms with Crippen LogP contribution in [0.5, 0.6) is 0 Å². The molecule has 9 heteroatoms. The highest BCUT2D eigenvalue weighted by atomic mass is 32.2. The van der Waals surface area contributed by atoms with Crippen molar-refractivity contribution in [3.8, 4) is 6.07 Å². The van der Waals surface area contributed by atoms with E-state index in [-0.39, 0.29) is 5.56 Å². The molecule has 0 saturated carbocycles. The van der Waals surface area contributed by atoms with Crippen molar-refractivity contribution in [2.24, 2.45) is 0 Å². The third-order valence-electron chi connectivity index (χ3n) is 4.19. The van der Waals surface area contributed by atoms with Gasteiger partial charge in [0.25, 0.3) is 5.91 Å². The fraction of sp³-hybridized carbons (Fsp3) is 0.294. The van der Waals surface area contributed by atoms with Crippen molar-refractivity contribution < 1.29 is 22.0 Å². The molecule has 1 aromatic carbocycles. The molecular formula is C17H14F2N2O3S2. The molecule has 1 aliphatic rings. The molecule has 136 valence electrons. The Labute approximate surface area is 153 Å². The second-order valence-electron chi connectivity index (χ2n) is 5.81. The van der Waals surface area contributed by atoms with Gasteiger partial charge in [0.2, 0.25) is 9.84 Å². The van der Waals surface area contributed by atoms with Gasteiger partial charge in [-0.05, 0) is 55.5 Å². The summed E-state index contributed by atoms with van der Waals surface area (Å²) in [7, 11) is -4.70. The van der Waals surface area contributed by atoms with Crippen LogP contribution in [0.1, 0.15) is 39.2 Å². The van der Waals surface area contributed by atoms with E-state index in [1.807, 2.05) is 0 Å². The Morgan fingerprint density at radius 1 is 1.19 bits per heavy atom. The Bertz CT molecular complexity index is 990. The molecule has 0 radical (unpaired) electrons. The van der Waals surface area contributed by atoms with Crippen molar-refractivity contribution in [1.29, 1.82) is 5.26 Å². The highest BCUT2D eigenvalue weighted by Crippen LogP contribution is 2.37. The van der Waals surface area contributed by atoms with Gasteiger partial charge >= 0.3 is 5.76 Å². The van der Waals surface area contributed by atoms with Crippen LogP contribution in [0.3, 0.4) is 0 Å². The van der Waals surface area contributed by atoms with Crippen LogP contribution in [0.4, 0.5) is 13.8 Å². The summed E-state index contributed by atoms with van der Waals surface area (Å²) in [5, 5.41) is 12.5. The maximum atomic E-state index is 12.5. The average molecular weight is 396 g/mol. The number of anilines is 1. The molecule has 1 aliphatic carbocycles. The number of carbonyl (C=O) groups is 1. The monoisotopic (exact) mass is 396 g/mol. The number of hydrogen-bond donors (Lipinski definition) is 1. The zero-order chi connectivity index (χ0) is 18.9. The second-order valence-corrected chi connectivity index (χ2v) is 8.83. The second kappa shape index (κ2) is 7.13. The number of fused-ring (bicyclic) bond motifs is 1. The number of alkyl halides is 2. The number of thiophene rings is 1. The first kappa shape index (κ1) is 18.5. The van der Waals surface area contributed by atoms with Crippen LogP contribution < -0.4 is 5.32 Å². The molecule has 1 amide bonds. The van der Waals surface area contributed by atoms with Gasteiger partial charge in [-0.25, -0.2) is 8.42 Å². The fourth-order valence-corrected chi connectivity index (χ4v) is 4.80. The zero-order valence-electron chi connectivity index (χ0n) is 13.5. The number of benzene rings is 1. The third kappa shape index (κ3) is 3.34. The lowest BCUT2D eigenvalue weighted by Gasteiger charge is -2.09. The molecule has 26 heavy (non-hydrogen) atoms. The van der Waals surface area contributed by atoms with Crippen LogP contribution >= 0.6 is 11.3 Å². The minimum Gasteiger partial charge on any atom is -0.312 e. The number of rotatable bonds is 4. The lowest BCUT2D eigenvalue weighted by atomic mass is 9.96. The van der Waals surface area contributed by atoms with Gasteiger partial charge < -0.3 is 5.32 Å². The average Bonchev–Trinajstić information content (AvgIpc) is 2.98. The minimum atomic E-state index is -4.70. The largest absolute Gasteiger partial charge is 0.341 e. The first-order chi connectivity index (χ1) is 12.3. The quantitative estimate of drug-likeness (QED) is 0.853. The number of halogens is 2. The van der Waals surface area contributed by atoms with E-state index in [0.717, 1.165) is 48.3 Å². The van der Waals surface area contributed by atoms with Gasteiger partial charge in [-0.1, -0.05) is 0 Å². The minimum absolute atomic E-state index is 0.119. The van der Waals surface area contributed by atoms with Crippen molar-refractivity contribution in [1.82, 2.24) is 0 Å². The Kier molecular flexibility index (Phi) is 5.07. The number of sulfone groups is 1. The van der Waals surface area contributed by atoms with E-state index in [2.05, 4.69) is 11.4 Å². The molecule has 5 nitrogen and oxygen atoms in total. The Balaban J connectivity index is 1.83. The Morgan fingerprint density at radius 2 is 1.85 bits per heavy atom. The van der Waals surface area contributed by atoms with Crippen LogP contribution in [0.25, 0.3) is 0 Å². The van der Waals surface area contributed by atoms with Gasteiger partial charge in [0, 0.05) is 10.4 Å². The molecular weight excluding hydrogens is 382 g/mol. The van der Waals surface area contributed by atoms with Gasteiger partial charge in [0.15, 0.2) is 0 Å². The van der Waals surface area contributed by atoms with Crippen LogP contribution in [0.2, 0.25) is 0 Å². The molecule has 0 atom stereocenters. The number of nitriles is 1. The van der Waals surface area contributed by atoms with E-state index < -0.39 is 26.4 Å². The summed E-state index contributed by atoms with van der Waals surface area (Å²) in [6.07, 6.45) is 3.74. The number of nitrogens with one attached hydrogen (secondary N) is 1. The highest BCUT2D eigenvalue weighted by molar-refractivity contribution is 7.91. The van der Waals surface area contributed by atoms with E-state index in [9.17, 15) is 27.3 Å². The number of hydrogen-bond acceptors (Lipinski definition) is 5. The first-order valence-electron chi connectivity index (χ1n) is 7.82. The van der Waals surface area contributed by atoms with Gasteiger partial charge in [0.1, 0.15) is 11.1 Å². The molecule has 0 saturated heterocycles. The predicted molar refractivity (Wildman–Crippen MR) is 93.3 cm³/mol.